The van der Waals surface area contributed by atoms with Crippen molar-refractivity contribution in [1.82, 2.24) is 15.2 Å². The number of aromatic nitrogens is 3. The number of benzene rings is 1. The zero-order chi connectivity index (χ0) is 13.3. The fraction of sp³-hybridized carbons (Fsp3) is 0.250. The van der Waals surface area contributed by atoms with Gasteiger partial charge in [0.05, 0.1) is 11.4 Å². The van der Waals surface area contributed by atoms with Crippen LogP contribution in [0.3, 0.4) is 0 Å². The molecule has 2 aromatic rings. The smallest absolute Gasteiger partial charge is 0.159 e. The van der Waals surface area contributed by atoms with E-state index in [0.717, 1.165) is 11.4 Å². The van der Waals surface area contributed by atoms with Crippen LogP contribution in [0.5, 0.6) is 11.5 Å². The van der Waals surface area contributed by atoms with Crippen LogP contribution in [0, 0.1) is 13.8 Å². The summed E-state index contributed by atoms with van der Waals surface area (Å²) >= 11 is 0. The summed E-state index contributed by atoms with van der Waals surface area (Å²) in [5.41, 5.74) is 8.37. The molecular formula is C12H14N4O2. The topological polar surface area (TPSA) is 105 Å². The summed E-state index contributed by atoms with van der Waals surface area (Å²) < 4.78 is 0. The molecule has 0 unspecified atom stereocenters. The lowest BCUT2D eigenvalue weighted by molar-refractivity contribution is 0.403. The highest BCUT2D eigenvalue weighted by Crippen LogP contribution is 2.30. The first kappa shape index (κ1) is 12.1. The van der Waals surface area contributed by atoms with Gasteiger partial charge in [0.2, 0.25) is 0 Å². The maximum absolute atomic E-state index is 9.44. The van der Waals surface area contributed by atoms with Crippen molar-refractivity contribution in [3.63, 3.8) is 0 Å². The molecule has 6 nitrogen and oxygen atoms in total. The summed E-state index contributed by atoms with van der Waals surface area (Å²) in [6.45, 7) is 3.69. The number of phenolic OH excluding ortho intramolecular Hbond substituents is 2. The van der Waals surface area contributed by atoms with Crippen LogP contribution in [0.2, 0.25) is 0 Å². The molecule has 6 heteroatoms. The average Bonchev–Trinajstić information content (AvgIpc) is 2.31. The van der Waals surface area contributed by atoms with Crippen molar-refractivity contribution < 1.29 is 10.2 Å². The van der Waals surface area contributed by atoms with E-state index in [1.165, 1.54) is 12.1 Å². The third-order valence-corrected chi connectivity index (χ3v) is 2.72. The molecular weight excluding hydrogens is 232 g/mol. The lowest BCUT2D eigenvalue weighted by Crippen LogP contribution is -2.05. The first-order valence-corrected chi connectivity index (χ1v) is 5.44. The number of nitrogen functional groups attached to an aromatic ring is 1. The number of nitrogens with two attached hydrogens (primary N) is 1. The molecule has 0 amide bonds. The molecule has 0 aliphatic rings. The quantitative estimate of drug-likeness (QED) is 0.416. The van der Waals surface area contributed by atoms with Gasteiger partial charge in [-0.05, 0) is 25.5 Å². The molecule has 0 saturated heterocycles. The van der Waals surface area contributed by atoms with E-state index < -0.39 is 0 Å². The highest BCUT2D eigenvalue weighted by atomic mass is 16.3. The third kappa shape index (κ3) is 2.32. The van der Waals surface area contributed by atoms with Crippen LogP contribution in [0.1, 0.15) is 22.8 Å². The van der Waals surface area contributed by atoms with Gasteiger partial charge in [0.25, 0.3) is 0 Å². The number of phenols is 2. The highest BCUT2D eigenvalue weighted by molar-refractivity contribution is 5.57. The van der Waals surface area contributed by atoms with E-state index in [1.54, 1.807) is 0 Å². The lowest BCUT2D eigenvalue weighted by atomic mass is 10.1. The van der Waals surface area contributed by atoms with Crippen molar-refractivity contribution in [3.8, 4) is 11.5 Å². The first-order valence-electron chi connectivity index (χ1n) is 5.44. The average molecular weight is 246 g/mol. The fourth-order valence-corrected chi connectivity index (χ4v) is 1.54. The Kier molecular flexibility index (Phi) is 3.01. The predicted octanol–water partition coefficient (Wildman–Crippen LogP) is 1.07. The molecule has 0 fully saturated rings. The van der Waals surface area contributed by atoms with Gasteiger partial charge in [0, 0.05) is 18.2 Å². The number of hydrogen-bond acceptors (Lipinski definition) is 6. The lowest BCUT2D eigenvalue weighted by Gasteiger charge is -2.07. The standard InChI is InChI=1S/C12H14N4O2/c1-6-7(2)15-16-12(14-6)4-8-3-10(17)11(18)5-9(8)13/h3,5,17-18H,4,13H2,1-2H3. The first-order chi connectivity index (χ1) is 8.47. The monoisotopic (exact) mass is 246 g/mol. The van der Waals surface area contributed by atoms with Crippen LogP contribution in [0.15, 0.2) is 12.1 Å². The van der Waals surface area contributed by atoms with Gasteiger partial charge in [0.1, 0.15) is 0 Å². The second-order valence-electron chi connectivity index (χ2n) is 4.12. The summed E-state index contributed by atoms with van der Waals surface area (Å²) in [5, 5.41) is 26.7. The zero-order valence-electron chi connectivity index (χ0n) is 10.2. The Balaban J connectivity index is 2.34. The summed E-state index contributed by atoms with van der Waals surface area (Å²) in [7, 11) is 0. The van der Waals surface area contributed by atoms with E-state index in [-0.39, 0.29) is 11.5 Å². The molecule has 0 radical (unpaired) electrons. The number of rotatable bonds is 2. The van der Waals surface area contributed by atoms with Crippen LogP contribution in [0.25, 0.3) is 0 Å². The van der Waals surface area contributed by atoms with Crippen molar-refractivity contribution in [2.24, 2.45) is 0 Å². The fourth-order valence-electron chi connectivity index (χ4n) is 1.54. The summed E-state index contributed by atoms with van der Waals surface area (Å²) in [6.07, 6.45) is 0.355. The van der Waals surface area contributed by atoms with E-state index >= 15 is 0 Å². The molecule has 0 aliphatic carbocycles. The SMILES string of the molecule is Cc1nnc(Cc2cc(O)c(O)cc2N)nc1C. The van der Waals surface area contributed by atoms with Crippen molar-refractivity contribution in [1.29, 1.82) is 0 Å². The van der Waals surface area contributed by atoms with Gasteiger partial charge in [0.15, 0.2) is 17.3 Å². The van der Waals surface area contributed by atoms with Crippen LogP contribution < -0.4 is 5.73 Å². The van der Waals surface area contributed by atoms with Crippen molar-refractivity contribution >= 4 is 5.69 Å². The summed E-state index contributed by atoms with van der Waals surface area (Å²) in [6, 6.07) is 2.71. The molecule has 1 aromatic heterocycles. The number of aryl methyl sites for hydroxylation is 2. The molecule has 0 bridgehead atoms. The van der Waals surface area contributed by atoms with Crippen LogP contribution in [-0.2, 0) is 6.42 Å². The Morgan fingerprint density at radius 3 is 2.39 bits per heavy atom. The number of aromatic hydroxyl groups is 2. The largest absolute Gasteiger partial charge is 0.504 e. The third-order valence-electron chi connectivity index (χ3n) is 2.72. The summed E-state index contributed by atoms with van der Waals surface area (Å²) in [5.74, 6) is 0.0706. The van der Waals surface area contributed by atoms with E-state index in [2.05, 4.69) is 15.2 Å². The molecule has 1 heterocycles. The van der Waals surface area contributed by atoms with Crippen molar-refractivity contribution in [3.05, 3.63) is 34.9 Å². The molecule has 2 rings (SSSR count). The Morgan fingerprint density at radius 1 is 1.06 bits per heavy atom. The highest BCUT2D eigenvalue weighted by Gasteiger charge is 2.09. The molecule has 1 aromatic carbocycles. The Hall–Kier alpha value is -2.37. The van der Waals surface area contributed by atoms with E-state index in [4.69, 9.17) is 5.73 Å². The molecule has 18 heavy (non-hydrogen) atoms. The molecule has 0 aliphatic heterocycles. The van der Waals surface area contributed by atoms with Gasteiger partial charge < -0.3 is 15.9 Å². The molecule has 0 atom stereocenters. The van der Waals surface area contributed by atoms with Gasteiger partial charge >= 0.3 is 0 Å². The van der Waals surface area contributed by atoms with E-state index in [9.17, 15) is 10.2 Å². The minimum absolute atomic E-state index is 0.212. The Bertz CT molecular complexity index is 599. The van der Waals surface area contributed by atoms with Gasteiger partial charge in [-0.3, -0.25) is 0 Å². The maximum atomic E-state index is 9.44. The minimum atomic E-state index is -0.240. The van der Waals surface area contributed by atoms with Crippen LogP contribution in [-0.4, -0.2) is 25.4 Å². The van der Waals surface area contributed by atoms with Gasteiger partial charge in [-0.15, -0.1) is 5.10 Å². The van der Waals surface area contributed by atoms with Gasteiger partial charge in [-0.25, -0.2) is 4.98 Å². The predicted molar refractivity (Wildman–Crippen MR) is 66.3 cm³/mol. The van der Waals surface area contributed by atoms with E-state index in [1.807, 2.05) is 13.8 Å². The number of anilines is 1. The Morgan fingerprint density at radius 2 is 1.72 bits per heavy atom. The van der Waals surface area contributed by atoms with Crippen molar-refractivity contribution in [2.75, 3.05) is 5.73 Å². The van der Waals surface area contributed by atoms with Crippen LogP contribution in [0.4, 0.5) is 5.69 Å². The normalized spacial score (nSPS) is 10.6. The molecule has 94 valence electrons. The molecule has 4 N–H and O–H groups in total. The summed E-state index contributed by atoms with van der Waals surface area (Å²) in [4.78, 5) is 4.29. The second kappa shape index (κ2) is 4.48. The zero-order valence-corrected chi connectivity index (χ0v) is 10.2. The minimum Gasteiger partial charge on any atom is -0.504 e. The van der Waals surface area contributed by atoms with Crippen LogP contribution >= 0.6 is 0 Å². The van der Waals surface area contributed by atoms with Gasteiger partial charge in [-0.2, -0.15) is 5.10 Å². The Labute approximate surface area is 104 Å². The molecule has 0 saturated carbocycles. The molecule has 0 spiro atoms. The number of hydrogen-bond donors (Lipinski definition) is 3. The second-order valence-corrected chi connectivity index (χ2v) is 4.12. The van der Waals surface area contributed by atoms with Gasteiger partial charge in [-0.1, -0.05) is 0 Å². The number of nitrogens with zero attached hydrogens (tertiary/aromatic N) is 3. The maximum Gasteiger partial charge on any atom is 0.159 e. The van der Waals surface area contributed by atoms with E-state index in [0.29, 0.717) is 23.5 Å². The van der Waals surface area contributed by atoms with Crippen molar-refractivity contribution in [2.45, 2.75) is 20.3 Å².